The highest BCUT2D eigenvalue weighted by molar-refractivity contribution is 5.94. The number of hydrogen-bond donors (Lipinski definition) is 1. The molecule has 8 heteroatoms. The summed E-state index contributed by atoms with van der Waals surface area (Å²) in [5.74, 6) is 0.648. The first kappa shape index (κ1) is 37.3. The second-order valence-electron chi connectivity index (χ2n) is 13.8. The Morgan fingerprint density at radius 2 is 1.25 bits per heavy atom. The van der Waals surface area contributed by atoms with E-state index in [1.165, 1.54) is 102 Å². The molecule has 264 valence electrons. The molecule has 2 aromatic carbocycles. The van der Waals surface area contributed by atoms with Crippen molar-refractivity contribution in [1.82, 2.24) is 0 Å². The van der Waals surface area contributed by atoms with Crippen molar-refractivity contribution in [2.75, 3.05) is 17.2 Å². The van der Waals surface area contributed by atoms with E-state index in [1.807, 2.05) is 0 Å². The van der Waals surface area contributed by atoms with Crippen molar-refractivity contribution in [2.24, 2.45) is 0 Å². The van der Waals surface area contributed by atoms with Gasteiger partial charge in [-0.25, -0.2) is 4.79 Å². The van der Waals surface area contributed by atoms with Crippen LogP contribution in [0.5, 0.6) is 17.2 Å². The number of carbonyl (C=O) groups excluding carboxylic acids is 3. The molecule has 2 aromatic rings. The Bertz CT molecular complexity index is 1360. The lowest BCUT2D eigenvalue weighted by molar-refractivity contribution is -0.133. The fourth-order valence-electron chi connectivity index (χ4n) is 7.55. The molecule has 2 aliphatic rings. The van der Waals surface area contributed by atoms with Crippen molar-refractivity contribution in [3.05, 3.63) is 41.5 Å². The van der Waals surface area contributed by atoms with E-state index in [-0.39, 0.29) is 11.8 Å². The predicted octanol–water partition coefficient (Wildman–Crippen LogP) is 10.8. The molecule has 0 aliphatic heterocycles. The van der Waals surface area contributed by atoms with Gasteiger partial charge >= 0.3 is 18.0 Å². The molecule has 4 rings (SSSR count). The number of carbonyl (C=O) groups is 3. The van der Waals surface area contributed by atoms with Gasteiger partial charge in [-0.3, -0.25) is 14.5 Å². The highest BCUT2D eigenvalue weighted by Gasteiger charge is 2.44. The Labute approximate surface area is 288 Å². The maximum absolute atomic E-state index is 13.9. The molecular weight excluding hydrogens is 604 g/mol. The molecule has 2 atom stereocenters. The van der Waals surface area contributed by atoms with Crippen molar-refractivity contribution < 1.29 is 28.6 Å². The van der Waals surface area contributed by atoms with Crippen LogP contribution >= 0.6 is 0 Å². The van der Waals surface area contributed by atoms with Gasteiger partial charge in [0.1, 0.15) is 11.5 Å². The van der Waals surface area contributed by atoms with Crippen LogP contribution in [0.1, 0.15) is 166 Å². The standard InChI is InChI=1S/C40H58N2O6/c1-4-5-6-7-8-9-10-11-12-13-14-15-16-17-18-19-25-42(40(45)48-34-22-20-21-33(41)27-34)35-28-36(46-29(2)43)37-31-23-24-32(26-31)38(37)39(35)47-30(3)44/h20-22,27-28,31-32H,4-19,23-26,41H2,1-3H3. The molecule has 1 saturated carbocycles. The lowest BCUT2D eigenvalue weighted by atomic mass is 9.89. The van der Waals surface area contributed by atoms with Crippen LogP contribution in [-0.2, 0) is 9.59 Å². The maximum Gasteiger partial charge on any atom is 0.419 e. The minimum Gasteiger partial charge on any atom is -0.426 e. The first-order chi connectivity index (χ1) is 23.3. The summed E-state index contributed by atoms with van der Waals surface area (Å²) < 4.78 is 17.4. The zero-order valence-corrected chi connectivity index (χ0v) is 29.7. The summed E-state index contributed by atoms with van der Waals surface area (Å²) in [4.78, 5) is 40.0. The summed E-state index contributed by atoms with van der Waals surface area (Å²) in [7, 11) is 0. The average molecular weight is 663 g/mol. The normalized spacial score (nSPS) is 16.1. The molecule has 0 spiro atoms. The van der Waals surface area contributed by atoms with Gasteiger partial charge in [0, 0.05) is 49.3 Å². The van der Waals surface area contributed by atoms with Gasteiger partial charge in [-0.2, -0.15) is 0 Å². The van der Waals surface area contributed by atoms with Gasteiger partial charge in [-0.15, -0.1) is 0 Å². The Hall–Kier alpha value is -3.55. The smallest absolute Gasteiger partial charge is 0.419 e. The van der Waals surface area contributed by atoms with Gasteiger partial charge in [-0.05, 0) is 49.7 Å². The largest absolute Gasteiger partial charge is 0.426 e. The van der Waals surface area contributed by atoms with E-state index in [2.05, 4.69) is 6.92 Å². The summed E-state index contributed by atoms with van der Waals surface area (Å²) in [6.45, 7) is 5.37. The number of anilines is 2. The van der Waals surface area contributed by atoms with Crippen LogP contribution in [-0.4, -0.2) is 24.6 Å². The molecule has 0 heterocycles. The highest BCUT2D eigenvalue weighted by Crippen LogP contribution is 2.61. The highest BCUT2D eigenvalue weighted by atomic mass is 16.6. The Balaban J connectivity index is 1.38. The predicted molar refractivity (Wildman–Crippen MR) is 192 cm³/mol. The van der Waals surface area contributed by atoms with E-state index in [1.54, 1.807) is 30.3 Å². The molecular formula is C40H58N2O6. The van der Waals surface area contributed by atoms with Crippen LogP contribution in [0.4, 0.5) is 16.2 Å². The van der Waals surface area contributed by atoms with Gasteiger partial charge in [0.15, 0.2) is 5.75 Å². The summed E-state index contributed by atoms with van der Waals surface area (Å²) in [6.07, 6.45) is 22.3. The van der Waals surface area contributed by atoms with E-state index in [0.29, 0.717) is 35.2 Å². The van der Waals surface area contributed by atoms with Crippen molar-refractivity contribution >= 4 is 29.4 Å². The number of nitrogen functional groups attached to an aromatic ring is 1. The maximum atomic E-state index is 13.9. The van der Waals surface area contributed by atoms with Gasteiger partial charge in [0.2, 0.25) is 0 Å². The molecule has 8 nitrogen and oxygen atoms in total. The number of rotatable bonds is 21. The first-order valence-corrected chi connectivity index (χ1v) is 18.7. The third-order valence-corrected chi connectivity index (χ3v) is 9.86. The van der Waals surface area contributed by atoms with Crippen LogP contribution < -0.4 is 24.8 Å². The third-order valence-electron chi connectivity index (χ3n) is 9.86. The number of ether oxygens (including phenoxy) is 3. The van der Waals surface area contributed by atoms with Gasteiger partial charge in [0.25, 0.3) is 0 Å². The molecule has 1 fully saturated rings. The zero-order valence-electron chi connectivity index (χ0n) is 29.7. The molecule has 0 radical (unpaired) electrons. The topological polar surface area (TPSA) is 108 Å². The number of nitrogens with zero attached hydrogens (tertiary/aromatic N) is 1. The molecule has 2 bridgehead atoms. The van der Waals surface area contributed by atoms with Crippen LogP contribution in [0.25, 0.3) is 0 Å². The molecule has 2 aliphatic carbocycles. The van der Waals surface area contributed by atoms with E-state index in [0.717, 1.165) is 49.7 Å². The molecule has 0 aromatic heterocycles. The molecule has 48 heavy (non-hydrogen) atoms. The lowest BCUT2D eigenvalue weighted by Gasteiger charge is -2.29. The second kappa shape index (κ2) is 19.4. The number of unbranched alkanes of at least 4 members (excludes halogenated alkanes) is 15. The fourth-order valence-corrected chi connectivity index (χ4v) is 7.55. The summed E-state index contributed by atoms with van der Waals surface area (Å²) in [5, 5.41) is 0. The minimum absolute atomic E-state index is 0.177. The Morgan fingerprint density at radius 3 is 1.79 bits per heavy atom. The van der Waals surface area contributed by atoms with Crippen molar-refractivity contribution in [3.8, 4) is 17.2 Å². The van der Waals surface area contributed by atoms with Crippen LogP contribution in [0.3, 0.4) is 0 Å². The number of amides is 1. The molecule has 2 N–H and O–H groups in total. The third kappa shape index (κ3) is 11.0. The van der Waals surface area contributed by atoms with Crippen molar-refractivity contribution in [3.63, 3.8) is 0 Å². The number of nitrogens with two attached hydrogens (primary N) is 1. The summed E-state index contributed by atoms with van der Waals surface area (Å²) in [5.41, 5.74) is 8.63. The Morgan fingerprint density at radius 1 is 0.708 bits per heavy atom. The van der Waals surface area contributed by atoms with Crippen LogP contribution in [0.15, 0.2) is 30.3 Å². The number of benzene rings is 2. The lowest BCUT2D eigenvalue weighted by Crippen LogP contribution is -2.35. The van der Waals surface area contributed by atoms with Gasteiger partial charge in [-0.1, -0.05) is 109 Å². The fraction of sp³-hybridized carbons (Fsp3) is 0.625. The minimum atomic E-state index is -0.605. The van der Waals surface area contributed by atoms with E-state index in [9.17, 15) is 14.4 Å². The summed E-state index contributed by atoms with van der Waals surface area (Å²) in [6, 6.07) is 8.42. The van der Waals surface area contributed by atoms with Crippen molar-refractivity contribution in [1.29, 1.82) is 0 Å². The monoisotopic (exact) mass is 662 g/mol. The molecule has 0 saturated heterocycles. The van der Waals surface area contributed by atoms with Crippen LogP contribution in [0.2, 0.25) is 0 Å². The number of hydrogen-bond acceptors (Lipinski definition) is 7. The van der Waals surface area contributed by atoms with Crippen molar-refractivity contribution in [2.45, 2.75) is 155 Å². The number of esters is 2. The second-order valence-corrected chi connectivity index (χ2v) is 13.8. The van der Waals surface area contributed by atoms with E-state index in [4.69, 9.17) is 19.9 Å². The van der Waals surface area contributed by atoms with E-state index >= 15 is 0 Å². The SMILES string of the molecule is CCCCCCCCCCCCCCCCCCN(C(=O)Oc1cccc(N)c1)c1cc(OC(C)=O)c2c(c1OC(C)=O)C1CCC2C1. The van der Waals surface area contributed by atoms with Crippen LogP contribution in [0, 0.1) is 0 Å². The van der Waals surface area contributed by atoms with Gasteiger partial charge in [0.05, 0.1) is 5.69 Å². The zero-order chi connectivity index (χ0) is 34.3. The quantitative estimate of drug-likeness (QED) is 0.0613. The summed E-state index contributed by atoms with van der Waals surface area (Å²) >= 11 is 0. The first-order valence-electron chi connectivity index (χ1n) is 18.7. The van der Waals surface area contributed by atoms with Gasteiger partial charge < -0.3 is 19.9 Å². The van der Waals surface area contributed by atoms with E-state index < -0.39 is 18.0 Å². The Kier molecular flexibility index (Phi) is 15.1. The number of fused-ring (bicyclic) bond motifs is 5. The molecule has 1 amide bonds. The molecule has 2 unspecified atom stereocenters. The average Bonchev–Trinajstić information content (AvgIpc) is 3.66.